The van der Waals surface area contributed by atoms with E-state index in [0.717, 1.165) is 10.5 Å². The van der Waals surface area contributed by atoms with Crippen LogP contribution in [0, 0.1) is 0 Å². The molecule has 25 heavy (non-hydrogen) atoms. The lowest BCUT2D eigenvalue weighted by Gasteiger charge is -2.11. The highest BCUT2D eigenvalue weighted by atomic mass is 35.5. The predicted molar refractivity (Wildman–Crippen MR) is 100 cm³/mol. The van der Waals surface area contributed by atoms with Crippen LogP contribution in [0.5, 0.6) is 0 Å². The molecule has 0 aromatic heterocycles. The Labute approximate surface area is 156 Å². The molecule has 1 atom stereocenters. The molecule has 1 amide bonds. The molecule has 2 aromatic carbocycles. The molecule has 0 bridgehead atoms. The van der Waals surface area contributed by atoms with E-state index in [1.54, 1.807) is 48.2 Å². The highest BCUT2D eigenvalue weighted by molar-refractivity contribution is 8.00. The quantitative estimate of drug-likeness (QED) is 0.827. The monoisotopic (exact) mass is 396 g/mol. The number of hydrogen-bond acceptors (Lipinski definition) is 4. The van der Waals surface area contributed by atoms with E-state index in [2.05, 4.69) is 10.0 Å². The number of carbonyl (C=O) groups excluding carboxylic acids is 1. The summed E-state index contributed by atoms with van der Waals surface area (Å²) in [5.74, 6) is -0.109. The Balaban J connectivity index is 1.80. The minimum Gasteiger partial charge on any atom is -0.325 e. The van der Waals surface area contributed by atoms with Gasteiger partial charge in [-0.2, -0.15) is 0 Å². The summed E-state index contributed by atoms with van der Waals surface area (Å²) < 4.78 is 27.6. The van der Waals surface area contributed by atoms with E-state index in [1.165, 1.54) is 6.07 Å². The molecule has 1 aliphatic heterocycles. The third-order valence-electron chi connectivity index (χ3n) is 3.72. The Morgan fingerprint density at radius 2 is 1.96 bits per heavy atom. The van der Waals surface area contributed by atoms with Crippen molar-refractivity contribution in [3.63, 3.8) is 0 Å². The second-order valence-electron chi connectivity index (χ2n) is 5.79. The van der Waals surface area contributed by atoms with Gasteiger partial charge in [-0.15, -0.1) is 11.8 Å². The molecule has 0 saturated carbocycles. The number of sulfonamides is 1. The number of carbonyl (C=O) groups is 1. The number of anilines is 1. The molecule has 8 heteroatoms. The lowest BCUT2D eigenvalue weighted by Crippen LogP contribution is -2.23. The molecule has 1 heterocycles. The van der Waals surface area contributed by atoms with Crippen LogP contribution in [0.15, 0.2) is 52.3 Å². The molecule has 5 nitrogen and oxygen atoms in total. The number of thioether (sulfide) groups is 1. The Bertz CT molecular complexity index is 899. The maximum absolute atomic E-state index is 12.5. The number of nitrogens with one attached hydrogen (secondary N) is 2. The van der Waals surface area contributed by atoms with Crippen LogP contribution in [0.3, 0.4) is 0 Å². The van der Waals surface area contributed by atoms with Gasteiger partial charge in [0.1, 0.15) is 0 Å². The van der Waals surface area contributed by atoms with E-state index >= 15 is 0 Å². The van der Waals surface area contributed by atoms with Gasteiger partial charge >= 0.3 is 0 Å². The van der Waals surface area contributed by atoms with E-state index in [-0.39, 0.29) is 22.6 Å². The van der Waals surface area contributed by atoms with Gasteiger partial charge in [0.25, 0.3) is 0 Å². The largest absolute Gasteiger partial charge is 0.325 e. The van der Waals surface area contributed by atoms with Crippen LogP contribution in [0.4, 0.5) is 5.69 Å². The van der Waals surface area contributed by atoms with E-state index in [0.29, 0.717) is 17.1 Å². The maximum atomic E-state index is 12.5. The van der Waals surface area contributed by atoms with Crippen molar-refractivity contribution >= 4 is 45.0 Å². The third-order valence-corrected chi connectivity index (χ3v) is 6.55. The summed E-state index contributed by atoms with van der Waals surface area (Å²) in [5, 5.41) is 3.52. The molecule has 2 aromatic rings. The van der Waals surface area contributed by atoms with E-state index in [4.69, 9.17) is 11.6 Å². The average Bonchev–Trinajstić information content (AvgIpc) is 2.69. The minimum absolute atomic E-state index is 0.109. The minimum atomic E-state index is -3.69. The van der Waals surface area contributed by atoms with E-state index < -0.39 is 10.0 Å². The van der Waals surface area contributed by atoms with Gasteiger partial charge in [-0.05, 0) is 35.9 Å². The fourth-order valence-corrected chi connectivity index (χ4v) is 4.68. The number of benzene rings is 2. The van der Waals surface area contributed by atoms with Gasteiger partial charge in [0.05, 0.1) is 10.6 Å². The molecule has 3 rings (SSSR count). The Morgan fingerprint density at radius 3 is 2.68 bits per heavy atom. The van der Waals surface area contributed by atoms with Gasteiger partial charge in [-0.1, -0.05) is 30.7 Å². The summed E-state index contributed by atoms with van der Waals surface area (Å²) in [5.41, 5.74) is 1.34. The molecular weight excluding hydrogens is 380 g/mol. The second-order valence-corrected chi connectivity index (χ2v) is 9.47. The van der Waals surface area contributed by atoms with Crippen molar-refractivity contribution < 1.29 is 13.2 Å². The first kappa shape index (κ1) is 18.3. The first-order chi connectivity index (χ1) is 11.8. The number of halogens is 1. The standard InChI is InChI=1S/C17H17ClN2O3S2/c1-11-8-17(21)20-15-9-14(6-7-16(15)24-11)25(22,23)19-10-12-2-4-13(18)5-3-12/h2-7,9,11,19H,8,10H2,1H3,(H,20,21). The number of hydrogen-bond donors (Lipinski definition) is 2. The van der Waals surface area contributed by atoms with Crippen molar-refractivity contribution in [1.82, 2.24) is 4.72 Å². The van der Waals surface area contributed by atoms with E-state index in [9.17, 15) is 13.2 Å². The van der Waals surface area contributed by atoms with Gasteiger partial charge in [0, 0.05) is 28.1 Å². The first-order valence-electron chi connectivity index (χ1n) is 7.68. The van der Waals surface area contributed by atoms with Crippen LogP contribution < -0.4 is 10.0 Å². The van der Waals surface area contributed by atoms with Gasteiger partial charge < -0.3 is 5.32 Å². The number of fused-ring (bicyclic) bond motifs is 1. The molecule has 0 saturated heterocycles. The topological polar surface area (TPSA) is 75.3 Å². The van der Waals surface area contributed by atoms with E-state index in [1.807, 2.05) is 6.92 Å². The molecule has 2 N–H and O–H groups in total. The zero-order chi connectivity index (χ0) is 18.0. The lowest BCUT2D eigenvalue weighted by atomic mass is 10.2. The normalized spacial score (nSPS) is 17.5. The van der Waals surface area contributed by atoms with Crippen molar-refractivity contribution in [2.75, 3.05) is 5.32 Å². The molecule has 0 spiro atoms. The van der Waals surface area contributed by atoms with Crippen molar-refractivity contribution in [2.24, 2.45) is 0 Å². The average molecular weight is 397 g/mol. The van der Waals surface area contributed by atoms with Crippen LogP contribution in [0.25, 0.3) is 0 Å². The van der Waals surface area contributed by atoms with Gasteiger partial charge in [0.15, 0.2) is 0 Å². The summed E-state index contributed by atoms with van der Waals surface area (Å²) in [4.78, 5) is 12.8. The van der Waals surface area contributed by atoms with Gasteiger partial charge in [-0.25, -0.2) is 13.1 Å². The highest BCUT2D eigenvalue weighted by Gasteiger charge is 2.22. The number of amides is 1. The van der Waals surface area contributed by atoms with Crippen LogP contribution in [-0.4, -0.2) is 19.6 Å². The van der Waals surface area contributed by atoms with Crippen molar-refractivity contribution in [3.8, 4) is 0 Å². The van der Waals surface area contributed by atoms with Crippen molar-refractivity contribution in [3.05, 3.63) is 53.1 Å². The summed E-state index contributed by atoms with van der Waals surface area (Å²) in [6.07, 6.45) is 0.399. The molecule has 0 fully saturated rings. The predicted octanol–water partition coefficient (Wildman–Crippen LogP) is 3.64. The Hall–Kier alpha value is -1.54. The van der Waals surface area contributed by atoms with Gasteiger partial charge in [0.2, 0.25) is 15.9 Å². The summed E-state index contributed by atoms with van der Waals surface area (Å²) in [6, 6.07) is 11.7. The molecule has 0 aliphatic carbocycles. The molecule has 1 aliphatic rings. The second kappa shape index (κ2) is 7.37. The Kier molecular flexibility index (Phi) is 5.38. The fraction of sp³-hybridized carbons (Fsp3) is 0.235. The van der Waals surface area contributed by atoms with Crippen molar-refractivity contribution in [1.29, 1.82) is 0 Å². The molecule has 0 radical (unpaired) electrons. The highest BCUT2D eigenvalue weighted by Crippen LogP contribution is 2.36. The molecular formula is C17H17ClN2O3S2. The molecule has 132 valence electrons. The summed E-state index contributed by atoms with van der Waals surface area (Å²) in [7, 11) is -3.69. The van der Waals surface area contributed by atoms with Crippen LogP contribution in [0.1, 0.15) is 18.9 Å². The van der Waals surface area contributed by atoms with Crippen LogP contribution in [0.2, 0.25) is 5.02 Å². The van der Waals surface area contributed by atoms with Gasteiger partial charge in [-0.3, -0.25) is 4.79 Å². The third kappa shape index (κ3) is 4.55. The van der Waals surface area contributed by atoms with Crippen LogP contribution in [-0.2, 0) is 21.4 Å². The zero-order valence-corrected chi connectivity index (χ0v) is 15.8. The SMILES string of the molecule is CC1CC(=O)Nc2cc(S(=O)(=O)NCc3ccc(Cl)cc3)ccc2S1. The number of rotatable bonds is 4. The fourth-order valence-electron chi connectivity index (χ4n) is 2.46. The first-order valence-corrected chi connectivity index (χ1v) is 10.4. The maximum Gasteiger partial charge on any atom is 0.240 e. The summed E-state index contributed by atoms with van der Waals surface area (Å²) >= 11 is 7.38. The zero-order valence-electron chi connectivity index (χ0n) is 13.5. The Morgan fingerprint density at radius 1 is 1.24 bits per heavy atom. The smallest absolute Gasteiger partial charge is 0.240 e. The summed E-state index contributed by atoms with van der Waals surface area (Å²) in [6.45, 7) is 2.13. The van der Waals surface area contributed by atoms with Crippen LogP contribution >= 0.6 is 23.4 Å². The molecule has 1 unspecified atom stereocenters. The lowest BCUT2D eigenvalue weighted by molar-refractivity contribution is -0.116. The van der Waals surface area contributed by atoms with Crippen molar-refractivity contribution in [2.45, 2.75) is 34.9 Å².